The molecule has 0 spiro atoms. The zero-order chi connectivity index (χ0) is 14.7. The number of nitrogens with two attached hydrogens (primary N) is 1. The van der Waals surface area contributed by atoms with Crippen LogP contribution in [0, 0.1) is 0 Å². The minimum atomic E-state index is 0.535. The fourth-order valence-corrected chi connectivity index (χ4v) is 2.89. The lowest BCUT2D eigenvalue weighted by atomic mass is 10.1. The molecule has 21 heavy (non-hydrogen) atoms. The Bertz CT molecular complexity index is 594. The van der Waals surface area contributed by atoms with Crippen molar-refractivity contribution < 1.29 is 0 Å². The summed E-state index contributed by atoms with van der Waals surface area (Å²) in [5.74, 6) is 1.04. The molecule has 0 radical (unpaired) electrons. The third-order valence-corrected chi connectivity index (χ3v) is 4.10. The van der Waals surface area contributed by atoms with Crippen LogP contribution in [0.2, 0.25) is 5.02 Å². The van der Waals surface area contributed by atoms with Crippen LogP contribution < -0.4 is 15.5 Å². The summed E-state index contributed by atoms with van der Waals surface area (Å²) >= 11 is 6.13. The van der Waals surface area contributed by atoms with E-state index in [-0.39, 0.29) is 0 Å². The highest BCUT2D eigenvalue weighted by Gasteiger charge is 2.19. The second-order valence-electron chi connectivity index (χ2n) is 5.14. The number of benzene rings is 1. The average Bonchev–Trinajstić information content (AvgIpc) is 2.56. The van der Waals surface area contributed by atoms with Crippen LogP contribution in [-0.2, 0) is 6.54 Å². The Kier molecular flexibility index (Phi) is 4.27. The molecule has 0 unspecified atom stereocenters. The van der Waals surface area contributed by atoms with Crippen molar-refractivity contribution in [1.82, 2.24) is 4.98 Å². The number of piperazine rings is 1. The second kappa shape index (κ2) is 6.33. The highest BCUT2D eigenvalue weighted by molar-refractivity contribution is 6.30. The largest absolute Gasteiger partial charge is 0.368 e. The minimum absolute atomic E-state index is 0.535. The van der Waals surface area contributed by atoms with Crippen LogP contribution in [0.3, 0.4) is 0 Å². The van der Waals surface area contributed by atoms with Gasteiger partial charge in [0.2, 0.25) is 0 Å². The Balaban J connectivity index is 1.73. The summed E-state index contributed by atoms with van der Waals surface area (Å²) in [6.07, 6.45) is 1.84. The summed E-state index contributed by atoms with van der Waals surface area (Å²) in [4.78, 5) is 9.08. The normalized spacial score (nSPS) is 15.3. The molecule has 1 aliphatic heterocycles. The number of rotatable bonds is 3. The molecule has 1 saturated heterocycles. The number of pyridine rings is 1. The number of hydrogen-bond acceptors (Lipinski definition) is 4. The standard InChI is InChI=1S/C16H19ClN4/c17-14-5-4-13(12-18)15(11-14)20-7-9-21(10-8-20)16-3-1-2-6-19-16/h1-6,11H,7-10,12,18H2. The van der Waals surface area contributed by atoms with Crippen molar-refractivity contribution in [3.63, 3.8) is 0 Å². The molecular weight excluding hydrogens is 284 g/mol. The maximum atomic E-state index is 6.13. The van der Waals surface area contributed by atoms with Gasteiger partial charge in [-0.1, -0.05) is 23.7 Å². The molecule has 0 saturated carbocycles. The molecule has 1 fully saturated rings. The lowest BCUT2D eigenvalue weighted by Gasteiger charge is -2.37. The van der Waals surface area contributed by atoms with Crippen LogP contribution >= 0.6 is 11.6 Å². The maximum Gasteiger partial charge on any atom is 0.128 e. The van der Waals surface area contributed by atoms with Gasteiger partial charge < -0.3 is 15.5 Å². The lowest BCUT2D eigenvalue weighted by Crippen LogP contribution is -2.47. The van der Waals surface area contributed by atoms with E-state index in [4.69, 9.17) is 17.3 Å². The summed E-state index contributed by atoms with van der Waals surface area (Å²) in [7, 11) is 0. The monoisotopic (exact) mass is 302 g/mol. The predicted octanol–water partition coefficient (Wildman–Crippen LogP) is 2.52. The zero-order valence-electron chi connectivity index (χ0n) is 11.9. The highest BCUT2D eigenvalue weighted by atomic mass is 35.5. The average molecular weight is 303 g/mol. The van der Waals surface area contributed by atoms with Crippen molar-refractivity contribution in [2.75, 3.05) is 36.0 Å². The molecule has 0 atom stereocenters. The number of nitrogens with zero attached hydrogens (tertiary/aromatic N) is 3. The molecule has 2 N–H and O–H groups in total. The molecule has 0 aliphatic carbocycles. The topological polar surface area (TPSA) is 45.4 Å². The van der Waals surface area contributed by atoms with E-state index >= 15 is 0 Å². The summed E-state index contributed by atoms with van der Waals surface area (Å²) in [6, 6.07) is 12.0. The van der Waals surface area contributed by atoms with Crippen LogP contribution in [0.25, 0.3) is 0 Å². The summed E-state index contributed by atoms with van der Waals surface area (Å²) in [5.41, 5.74) is 8.14. The van der Waals surface area contributed by atoms with Gasteiger partial charge in [-0.25, -0.2) is 4.98 Å². The van der Waals surface area contributed by atoms with Gasteiger partial charge in [0, 0.05) is 49.6 Å². The number of halogens is 1. The van der Waals surface area contributed by atoms with Gasteiger partial charge in [-0.05, 0) is 29.8 Å². The molecule has 0 amide bonds. The van der Waals surface area contributed by atoms with Crippen molar-refractivity contribution in [3.05, 3.63) is 53.2 Å². The van der Waals surface area contributed by atoms with E-state index in [1.165, 1.54) is 0 Å². The van der Waals surface area contributed by atoms with Crippen molar-refractivity contribution in [2.24, 2.45) is 5.73 Å². The van der Waals surface area contributed by atoms with Crippen LogP contribution in [0.5, 0.6) is 0 Å². The van der Waals surface area contributed by atoms with E-state index < -0.39 is 0 Å². The van der Waals surface area contributed by atoms with Crippen LogP contribution in [0.15, 0.2) is 42.6 Å². The quantitative estimate of drug-likeness (QED) is 0.946. The van der Waals surface area contributed by atoms with E-state index in [1.54, 1.807) is 0 Å². The fraction of sp³-hybridized carbons (Fsp3) is 0.312. The van der Waals surface area contributed by atoms with Gasteiger partial charge >= 0.3 is 0 Å². The van der Waals surface area contributed by atoms with Gasteiger partial charge in [0.1, 0.15) is 5.82 Å². The second-order valence-corrected chi connectivity index (χ2v) is 5.58. The van der Waals surface area contributed by atoms with Crippen LogP contribution in [-0.4, -0.2) is 31.2 Å². The van der Waals surface area contributed by atoms with Crippen LogP contribution in [0.4, 0.5) is 11.5 Å². The molecule has 1 aromatic carbocycles. The first-order valence-corrected chi connectivity index (χ1v) is 7.55. The molecule has 110 valence electrons. The van der Waals surface area contributed by atoms with E-state index in [0.29, 0.717) is 6.54 Å². The summed E-state index contributed by atoms with van der Waals surface area (Å²) in [6.45, 7) is 4.34. The van der Waals surface area contributed by atoms with E-state index in [9.17, 15) is 0 Å². The molecule has 5 heteroatoms. The Morgan fingerprint density at radius 2 is 1.81 bits per heavy atom. The Morgan fingerprint density at radius 1 is 1.05 bits per heavy atom. The Hall–Kier alpha value is -1.78. The third-order valence-electron chi connectivity index (χ3n) is 3.86. The Morgan fingerprint density at radius 3 is 2.48 bits per heavy atom. The third kappa shape index (κ3) is 3.12. The van der Waals surface area contributed by atoms with Gasteiger partial charge in [-0.2, -0.15) is 0 Å². The van der Waals surface area contributed by atoms with Gasteiger partial charge in [0.25, 0.3) is 0 Å². The number of aromatic nitrogens is 1. The molecule has 1 aliphatic rings. The van der Waals surface area contributed by atoms with Gasteiger partial charge in [0.05, 0.1) is 0 Å². The molecule has 3 rings (SSSR count). The smallest absolute Gasteiger partial charge is 0.128 e. The molecule has 2 aromatic rings. The number of anilines is 2. The van der Waals surface area contributed by atoms with E-state index in [0.717, 1.165) is 48.3 Å². The summed E-state index contributed by atoms with van der Waals surface area (Å²) < 4.78 is 0. The first-order valence-electron chi connectivity index (χ1n) is 7.17. The zero-order valence-corrected chi connectivity index (χ0v) is 12.6. The SMILES string of the molecule is NCc1ccc(Cl)cc1N1CCN(c2ccccn2)CC1. The Labute approximate surface area is 130 Å². The van der Waals surface area contributed by atoms with E-state index in [1.807, 2.05) is 36.5 Å². The molecule has 1 aromatic heterocycles. The van der Waals surface area contributed by atoms with Crippen molar-refractivity contribution in [2.45, 2.75) is 6.54 Å². The van der Waals surface area contributed by atoms with Crippen molar-refractivity contribution in [1.29, 1.82) is 0 Å². The maximum absolute atomic E-state index is 6.13. The first-order chi connectivity index (χ1) is 10.3. The predicted molar refractivity (Wildman–Crippen MR) is 88.0 cm³/mol. The fourth-order valence-electron chi connectivity index (χ4n) is 2.72. The lowest BCUT2D eigenvalue weighted by molar-refractivity contribution is 0.645. The van der Waals surface area contributed by atoms with Crippen molar-refractivity contribution in [3.8, 4) is 0 Å². The van der Waals surface area contributed by atoms with Gasteiger partial charge in [0.15, 0.2) is 0 Å². The molecular formula is C16H19ClN4. The van der Waals surface area contributed by atoms with Gasteiger partial charge in [-0.3, -0.25) is 0 Å². The van der Waals surface area contributed by atoms with Crippen molar-refractivity contribution >= 4 is 23.1 Å². The summed E-state index contributed by atoms with van der Waals surface area (Å²) in [5, 5.41) is 0.759. The van der Waals surface area contributed by atoms with Crippen LogP contribution in [0.1, 0.15) is 5.56 Å². The number of hydrogen-bond donors (Lipinski definition) is 1. The molecule has 2 heterocycles. The van der Waals surface area contributed by atoms with E-state index in [2.05, 4.69) is 20.9 Å². The first kappa shape index (κ1) is 14.2. The molecule has 4 nitrogen and oxygen atoms in total. The highest BCUT2D eigenvalue weighted by Crippen LogP contribution is 2.26. The van der Waals surface area contributed by atoms with Gasteiger partial charge in [-0.15, -0.1) is 0 Å². The molecule has 0 bridgehead atoms. The minimum Gasteiger partial charge on any atom is -0.368 e.